The molecule has 2 aromatic carbocycles. The zero-order chi connectivity index (χ0) is 29.3. The van der Waals surface area contributed by atoms with Gasteiger partial charge in [0.2, 0.25) is 0 Å². The Kier molecular flexibility index (Phi) is 10.3. The number of hydrogen-bond acceptors (Lipinski definition) is 6. The lowest BCUT2D eigenvalue weighted by Crippen LogP contribution is -2.43. The number of esters is 1. The first-order chi connectivity index (χ1) is 19.0. The summed E-state index contributed by atoms with van der Waals surface area (Å²) < 4.78 is 10.3. The average molecular weight is 548 g/mol. The number of para-hydroxylation sites is 1. The van der Waals surface area contributed by atoms with Gasteiger partial charge in [0.25, 0.3) is 11.8 Å². The smallest absolute Gasteiger partial charge is 0.407 e. The monoisotopic (exact) mass is 547 g/mol. The van der Waals surface area contributed by atoms with Crippen molar-refractivity contribution in [2.75, 3.05) is 24.6 Å². The third kappa shape index (κ3) is 8.34. The quantitative estimate of drug-likeness (QED) is 0.289. The summed E-state index contributed by atoms with van der Waals surface area (Å²) in [5.41, 5.74) is 1.48. The van der Waals surface area contributed by atoms with E-state index in [2.05, 4.69) is 17.2 Å². The predicted octanol–water partition coefficient (Wildman–Crippen LogP) is 4.81. The number of amides is 3. The van der Waals surface area contributed by atoms with Crippen molar-refractivity contribution >= 4 is 35.3 Å². The van der Waals surface area contributed by atoms with E-state index in [4.69, 9.17) is 9.47 Å². The number of ether oxygens (including phenoxy) is 2. The number of carbonyl (C=O) groups is 4. The van der Waals surface area contributed by atoms with Crippen LogP contribution < -0.4 is 10.2 Å². The molecule has 3 rings (SSSR count). The van der Waals surface area contributed by atoms with Gasteiger partial charge in [-0.2, -0.15) is 0 Å². The van der Waals surface area contributed by atoms with Crippen molar-refractivity contribution < 1.29 is 28.7 Å². The van der Waals surface area contributed by atoms with E-state index in [1.807, 2.05) is 30.3 Å². The van der Waals surface area contributed by atoms with E-state index < -0.39 is 23.7 Å². The Hall–Kier alpha value is -4.32. The molecule has 0 radical (unpaired) electrons. The molecule has 1 N–H and O–H groups in total. The summed E-state index contributed by atoms with van der Waals surface area (Å²) in [5.74, 6) is 5.08. The number of alkyl carbamates (subject to hydrolysis) is 1. The maximum Gasteiger partial charge on any atom is 0.407 e. The zero-order valence-corrected chi connectivity index (χ0v) is 23.8. The minimum absolute atomic E-state index is 0.0235. The largest absolute Gasteiger partial charge is 0.466 e. The molecule has 0 fully saturated rings. The van der Waals surface area contributed by atoms with Crippen molar-refractivity contribution in [2.24, 2.45) is 0 Å². The SMILES string of the molecule is CCOC(=O)CC(C)N1CC(=O)N(c2ccccc2)c2ccc(C#CCCCNC(=O)OC(C)(C)C)cc2C1=O. The molecule has 212 valence electrons. The van der Waals surface area contributed by atoms with Gasteiger partial charge in [-0.05, 0) is 71.4 Å². The first-order valence-electron chi connectivity index (χ1n) is 13.4. The number of anilines is 2. The molecule has 0 aliphatic carbocycles. The van der Waals surface area contributed by atoms with Crippen LogP contribution in [-0.4, -0.2) is 60.1 Å². The van der Waals surface area contributed by atoms with Crippen LogP contribution in [0.2, 0.25) is 0 Å². The van der Waals surface area contributed by atoms with Crippen LogP contribution in [0.15, 0.2) is 48.5 Å². The van der Waals surface area contributed by atoms with Crippen molar-refractivity contribution in [1.29, 1.82) is 0 Å². The van der Waals surface area contributed by atoms with Crippen LogP contribution in [0, 0.1) is 11.8 Å². The molecule has 1 unspecified atom stereocenters. The highest BCUT2D eigenvalue weighted by Gasteiger charge is 2.35. The second-order valence-corrected chi connectivity index (χ2v) is 10.4. The molecule has 40 heavy (non-hydrogen) atoms. The third-order valence-corrected chi connectivity index (χ3v) is 5.98. The van der Waals surface area contributed by atoms with Crippen molar-refractivity contribution in [3.8, 4) is 11.8 Å². The normalized spacial score (nSPS) is 13.9. The number of carbonyl (C=O) groups excluding carboxylic acids is 4. The van der Waals surface area contributed by atoms with Crippen LogP contribution in [0.25, 0.3) is 0 Å². The molecule has 0 saturated heterocycles. The maximum absolute atomic E-state index is 13.8. The number of nitrogens with zero attached hydrogens (tertiary/aromatic N) is 2. The minimum Gasteiger partial charge on any atom is -0.466 e. The van der Waals surface area contributed by atoms with E-state index in [1.54, 1.807) is 52.8 Å². The van der Waals surface area contributed by atoms with Gasteiger partial charge in [-0.15, -0.1) is 0 Å². The van der Waals surface area contributed by atoms with Crippen molar-refractivity contribution in [3.05, 3.63) is 59.7 Å². The summed E-state index contributed by atoms with van der Waals surface area (Å²) in [5, 5.41) is 2.70. The first kappa shape index (κ1) is 30.2. The number of rotatable bonds is 8. The van der Waals surface area contributed by atoms with Gasteiger partial charge in [0.15, 0.2) is 0 Å². The fourth-order valence-corrected chi connectivity index (χ4v) is 4.19. The summed E-state index contributed by atoms with van der Waals surface area (Å²) in [6.45, 7) is 9.34. The van der Waals surface area contributed by atoms with Crippen molar-refractivity contribution in [2.45, 2.75) is 65.5 Å². The van der Waals surface area contributed by atoms with Crippen LogP contribution in [0.1, 0.15) is 69.8 Å². The van der Waals surface area contributed by atoms with E-state index in [-0.39, 0.29) is 31.4 Å². The van der Waals surface area contributed by atoms with E-state index >= 15 is 0 Å². The van der Waals surface area contributed by atoms with Gasteiger partial charge in [0.1, 0.15) is 12.1 Å². The Morgan fingerprint density at radius 3 is 2.50 bits per heavy atom. The van der Waals surface area contributed by atoms with E-state index in [9.17, 15) is 19.2 Å². The van der Waals surface area contributed by atoms with Gasteiger partial charge in [-0.3, -0.25) is 19.3 Å². The van der Waals surface area contributed by atoms with Crippen LogP contribution in [-0.2, 0) is 19.1 Å². The summed E-state index contributed by atoms with van der Waals surface area (Å²) in [4.78, 5) is 54.1. The topological polar surface area (TPSA) is 105 Å². The molecule has 1 aliphatic rings. The third-order valence-electron chi connectivity index (χ3n) is 5.98. The molecule has 0 bridgehead atoms. The minimum atomic E-state index is -0.556. The highest BCUT2D eigenvalue weighted by Crippen LogP contribution is 2.33. The molecular weight excluding hydrogens is 510 g/mol. The lowest BCUT2D eigenvalue weighted by atomic mass is 10.0. The molecule has 9 nitrogen and oxygen atoms in total. The van der Waals surface area contributed by atoms with Crippen LogP contribution in [0.5, 0.6) is 0 Å². The predicted molar refractivity (Wildman–Crippen MR) is 152 cm³/mol. The van der Waals surface area contributed by atoms with E-state index in [1.165, 1.54) is 9.80 Å². The summed E-state index contributed by atoms with van der Waals surface area (Å²) in [6.07, 6.45) is 0.664. The Labute approximate surface area is 235 Å². The molecular formula is C31H37N3O6. The second-order valence-electron chi connectivity index (χ2n) is 10.4. The van der Waals surface area contributed by atoms with Gasteiger partial charge in [-0.25, -0.2) is 4.79 Å². The van der Waals surface area contributed by atoms with Crippen molar-refractivity contribution in [1.82, 2.24) is 10.2 Å². The van der Waals surface area contributed by atoms with Gasteiger partial charge >= 0.3 is 12.1 Å². The average Bonchev–Trinajstić information content (AvgIpc) is 2.99. The van der Waals surface area contributed by atoms with E-state index in [0.29, 0.717) is 41.9 Å². The summed E-state index contributed by atoms with van der Waals surface area (Å²) in [7, 11) is 0. The highest BCUT2D eigenvalue weighted by atomic mass is 16.6. The van der Waals surface area contributed by atoms with Gasteiger partial charge in [-0.1, -0.05) is 30.0 Å². The zero-order valence-electron chi connectivity index (χ0n) is 23.8. The molecule has 1 aliphatic heterocycles. The number of unbranched alkanes of at least 4 members (excludes halogenated alkanes) is 1. The number of hydrogen-bond donors (Lipinski definition) is 1. The Bertz CT molecular complexity index is 1290. The lowest BCUT2D eigenvalue weighted by Gasteiger charge is -2.27. The highest BCUT2D eigenvalue weighted by molar-refractivity contribution is 6.13. The molecule has 1 heterocycles. The molecule has 0 aromatic heterocycles. The van der Waals surface area contributed by atoms with Crippen LogP contribution in [0.3, 0.4) is 0 Å². The molecule has 2 aromatic rings. The summed E-state index contributed by atoms with van der Waals surface area (Å²) in [6, 6.07) is 13.8. The van der Waals surface area contributed by atoms with E-state index in [0.717, 1.165) is 0 Å². The molecule has 0 spiro atoms. The summed E-state index contributed by atoms with van der Waals surface area (Å²) >= 11 is 0. The Balaban J connectivity index is 1.82. The molecule has 3 amide bonds. The number of fused-ring (bicyclic) bond motifs is 1. The fourth-order valence-electron chi connectivity index (χ4n) is 4.19. The second kappa shape index (κ2) is 13.7. The van der Waals surface area contributed by atoms with Gasteiger partial charge in [0, 0.05) is 30.3 Å². The molecule has 1 atom stereocenters. The van der Waals surface area contributed by atoms with Gasteiger partial charge in [0.05, 0.1) is 24.3 Å². The van der Waals surface area contributed by atoms with Crippen molar-refractivity contribution in [3.63, 3.8) is 0 Å². The fraction of sp³-hybridized carbons (Fsp3) is 0.419. The van der Waals surface area contributed by atoms with Crippen LogP contribution in [0.4, 0.5) is 16.2 Å². The van der Waals surface area contributed by atoms with Crippen LogP contribution >= 0.6 is 0 Å². The maximum atomic E-state index is 13.8. The number of benzene rings is 2. The first-order valence-corrected chi connectivity index (χ1v) is 13.4. The van der Waals surface area contributed by atoms with Gasteiger partial charge < -0.3 is 19.7 Å². The Morgan fingerprint density at radius 1 is 1.10 bits per heavy atom. The standard InChI is InChI=1S/C31H37N3O6/c1-6-39-28(36)19-22(2)33-21-27(35)34(24-14-10-7-11-15-24)26-17-16-23(20-25(26)29(33)37)13-9-8-12-18-32-30(38)40-31(3,4)5/h7,10-11,14-17,20,22H,6,8,12,18-19,21H2,1-5H3,(H,32,38). The lowest BCUT2D eigenvalue weighted by molar-refractivity contribution is -0.144. The molecule has 0 saturated carbocycles. The molecule has 9 heteroatoms. The number of nitrogens with one attached hydrogen (secondary N) is 1. The Morgan fingerprint density at radius 2 is 1.82 bits per heavy atom.